The molecule has 0 fully saturated rings. The lowest BCUT2D eigenvalue weighted by Crippen LogP contribution is -2.08. The van der Waals surface area contributed by atoms with Crippen LogP contribution in [-0.4, -0.2) is 4.57 Å². The Hall–Kier alpha value is -5.28. The van der Waals surface area contributed by atoms with Crippen molar-refractivity contribution in [1.29, 1.82) is 0 Å². The minimum Gasteiger partial charge on any atom is -0.399 e. The van der Waals surface area contributed by atoms with Crippen molar-refractivity contribution in [2.45, 2.75) is 6.92 Å². The van der Waals surface area contributed by atoms with Crippen LogP contribution in [0.4, 0.5) is 17.1 Å². The molecule has 0 aliphatic carbocycles. The third-order valence-corrected chi connectivity index (χ3v) is 6.83. The number of rotatable bonds is 9. The molecule has 0 aliphatic rings. The first-order valence-electron chi connectivity index (χ1n) is 13.3. The second-order valence-electron chi connectivity index (χ2n) is 9.38. The van der Waals surface area contributed by atoms with Crippen molar-refractivity contribution in [2.24, 2.45) is 0 Å². The number of nitrogens with two attached hydrogens (primary N) is 1. The predicted octanol–water partition coefficient (Wildman–Crippen LogP) is 9.95. The van der Waals surface area contributed by atoms with Crippen LogP contribution in [-0.2, 0) is 0 Å². The van der Waals surface area contributed by atoms with E-state index in [1.165, 1.54) is 0 Å². The number of aromatic nitrogens is 1. The molecular formula is C37H33N3. The Morgan fingerprint density at radius 1 is 0.750 bits per heavy atom. The summed E-state index contributed by atoms with van der Waals surface area (Å²) in [7, 11) is 0. The highest BCUT2D eigenvalue weighted by Gasteiger charge is 2.17. The highest BCUT2D eigenvalue weighted by Crippen LogP contribution is 2.36. The minimum atomic E-state index is 0.762. The van der Waals surface area contributed by atoms with Gasteiger partial charge in [-0.05, 0) is 84.8 Å². The van der Waals surface area contributed by atoms with E-state index >= 15 is 0 Å². The molecule has 1 aromatic heterocycles. The number of anilines is 3. The Morgan fingerprint density at radius 3 is 2.08 bits per heavy atom. The van der Waals surface area contributed by atoms with Crippen LogP contribution in [0.3, 0.4) is 0 Å². The highest BCUT2D eigenvalue weighted by atomic mass is 15.1. The van der Waals surface area contributed by atoms with Crippen LogP contribution in [0.1, 0.15) is 18.2 Å². The van der Waals surface area contributed by atoms with Crippen LogP contribution < -0.4 is 10.6 Å². The van der Waals surface area contributed by atoms with Gasteiger partial charge >= 0.3 is 0 Å². The van der Waals surface area contributed by atoms with Gasteiger partial charge in [-0.3, -0.25) is 0 Å². The number of fused-ring (bicyclic) bond motifs is 1. The number of hydrogen-bond donors (Lipinski definition) is 1. The van der Waals surface area contributed by atoms with Gasteiger partial charge in [0.2, 0.25) is 0 Å². The zero-order chi connectivity index (χ0) is 27.9. The van der Waals surface area contributed by atoms with E-state index in [0.29, 0.717) is 0 Å². The van der Waals surface area contributed by atoms with Crippen LogP contribution in [0.25, 0.3) is 39.9 Å². The number of nitrogen functional groups attached to an aromatic ring is 1. The summed E-state index contributed by atoms with van der Waals surface area (Å²) in [4.78, 5) is 2.20. The topological polar surface area (TPSA) is 34.2 Å². The Bertz CT molecular complexity index is 1720. The molecule has 0 saturated carbocycles. The molecule has 5 rings (SSSR count). The third-order valence-electron chi connectivity index (χ3n) is 6.83. The maximum Gasteiger partial charge on any atom is 0.0542 e. The largest absolute Gasteiger partial charge is 0.399 e. The summed E-state index contributed by atoms with van der Waals surface area (Å²) < 4.78 is 2.27. The van der Waals surface area contributed by atoms with E-state index < -0.39 is 0 Å². The fraction of sp³-hybridized carbons (Fsp3) is 0.0270. The van der Waals surface area contributed by atoms with Crippen molar-refractivity contribution < 1.29 is 0 Å². The molecule has 0 unspecified atom stereocenters. The van der Waals surface area contributed by atoms with E-state index in [9.17, 15) is 0 Å². The number of hydrogen-bond acceptors (Lipinski definition) is 2. The summed E-state index contributed by atoms with van der Waals surface area (Å²) in [5.41, 5.74) is 15.5. The van der Waals surface area contributed by atoms with Gasteiger partial charge in [-0.2, -0.15) is 0 Å². The van der Waals surface area contributed by atoms with E-state index in [-0.39, 0.29) is 0 Å². The summed E-state index contributed by atoms with van der Waals surface area (Å²) in [6.07, 6.45) is 16.0. The Morgan fingerprint density at radius 2 is 1.43 bits per heavy atom. The summed E-state index contributed by atoms with van der Waals surface area (Å²) in [6.45, 7) is 9.99. The molecule has 0 atom stereocenters. The first-order chi connectivity index (χ1) is 19.6. The molecule has 196 valence electrons. The number of para-hydroxylation sites is 1. The van der Waals surface area contributed by atoms with Gasteiger partial charge in [0.1, 0.15) is 0 Å². The average molecular weight is 520 g/mol. The van der Waals surface area contributed by atoms with Gasteiger partial charge in [0.05, 0.1) is 11.2 Å². The first-order valence-corrected chi connectivity index (χ1v) is 13.3. The summed E-state index contributed by atoms with van der Waals surface area (Å²) in [5, 5.41) is 1.16. The van der Waals surface area contributed by atoms with Crippen molar-refractivity contribution >= 4 is 40.1 Å². The molecule has 4 aromatic carbocycles. The predicted molar refractivity (Wildman–Crippen MR) is 175 cm³/mol. The molecule has 0 bridgehead atoms. The van der Waals surface area contributed by atoms with Gasteiger partial charge < -0.3 is 15.2 Å². The quantitative estimate of drug-likeness (QED) is 0.155. The monoisotopic (exact) mass is 519 g/mol. The van der Waals surface area contributed by atoms with Crippen LogP contribution in [0.2, 0.25) is 0 Å². The third kappa shape index (κ3) is 5.31. The molecule has 3 heteroatoms. The lowest BCUT2D eigenvalue weighted by Gasteiger charge is -2.22. The maximum absolute atomic E-state index is 5.89. The van der Waals surface area contributed by atoms with Crippen molar-refractivity contribution in [2.75, 3.05) is 10.6 Å². The molecule has 1 heterocycles. The fourth-order valence-electron chi connectivity index (χ4n) is 4.96. The van der Waals surface area contributed by atoms with Crippen LogP contribution in [0.15, 0.2) is 147 Å². The number of benzene rings is 4. The molecule has 3 nitrogen and oxygen atoms in total. The highest BCUT2D eigenvalue weighted by molar-refractivity contribution is 5.97. The van der Waals surface area contributed by atoms with Gasteiger partial charge in [-0.15, -0.1) is 0 Å². The molecular weight excluding hydrogens is 486 g/mol. The smallest absolute Gasteiger partial charge is 0.0542 e. The van der Waals surface area contributed by atoms with Crippen LogP contribution in [0.5, 0.6) is 0 Å². The van der Waals surface area contributed by atoms with E-state index in [0.717, 1.165) is 56.0 Å². The lowest BCUT2D eigenvalue weighted by molar-refractivity contribution is 1.11. The maximum atomic E-state index is 5.89. The SMILES string of the molecule is C=C/C=C\C=C/N(c1ccc(-c2ccc(N)cc2)cc1)c1ccc2c(c1)c(/C=C\C)c(C=C)n2-c1ccccc1. The molecule has 0 amide bonds. The standard InChI is InChI=1S/C37H33N3/c1-4-7-8-12-26-39(31-22-18-29(19-23-31)28-16-20-30(38)21-17-28)33-24-25-37-35(27-33)34(13-5-2)36(6-3)40(37)32-14-10-9-11-15-32/h4-27H,1,3,38H2,2H3/b8-7-,13-5-,26-12-. The zero-order valence-electron chi connectivity index (χ0n) is 22.7. The van der Waals surface area contributed by atoms with Gasteiger partial charge in [0, 0.05) is 39.9 Å². The van der Waals surface area contributed by atoms with Crippen molar-refractivity contribution in [3.8, 4) is 16.8 Å². The van der Waals surface area contributed by atoms with Crippen molar-refractivity contribution in [3.63, 3.8) is 0 Å². The van der Waals surface area contributed by atoms with Gasteiger partial charge in [0.25, 0.3) is 0 Å². The number of allylic oxidation sites excluding steroid dienone is 5. The molecule has 5 aromatic rings. The van der Waals surface area contributed by atoms with Gasteiger partial charge in [-0.1, -0.05) is 86.0 Å². The Labute approximate surface area is 236 Å². The Kier molecular flexibility index (Phi) is 7.94. The lowest BCUT2D eigenvalue weighted by atomic mass is 10.0. The fourth-order valence-corrected chi connectivity index (χ4v) is 4.96. The normalized spacial score (nSPS) is 11.6. The molecule has 0 radical (unpaired) electrons. The second-order valence-corrected chi connectivity index (χ2v) is 9.38. The van der Waals surface area contributed by atoms with Gasteiger partial charge in [-0.25, -0.2) is 0 Å². The summed E-state index contributed by atoms with van der Waals surface area (Å²) in [6, 6.07) is 33.6. The molecule has 0 spiro atoms. The minimum absolute atomic E-state index is 0.762. The Balaban J connectivity index is 1.64. The zero-order valence-corrected chi connectivity index (χ0v) is 22.7. The number of nitrogens with zero attached hydrogens (tertiary/aromatic N) is 2. The van der Waals surface area contributed by atoms with E-state index in [4.69, 9.17) is 5.73 Å². The van der Waals surface area contributed by atoms with Crippen LogP contribution in [0, 0.1) is 0 Å². The summed E-state index contributed by atoms with van der Waals surface area (Å²) in [5.74, 6) is 0. The van der Waals surface area contributed by atoms with Crippen molar-refractivity contribution in [1.82, 2.24) is 4.57 Å². The first kappa shape index (κ1) is 26.3. The van der Waals surface area contributed by atoms with E-state index in [1.54, 1.807) is 6.08 Å². The average Bonchev–Trinajstić information content (AvgIpc) is 3.31. The second kappa shape index (κ2) is 12.1. The van der Waals surface area contributed by atoms with E-state index in [1.807, 2.05) is 61.6 Å². The summed E-state index contributed by atoms with van der Waals surface area (Å²) >= 11 is 0. The molecule has 40 heavy (non-hydrogen) atoms. The molecule has 0 aliphatic heterocycles. The van der Waals surface area contributed by atoms with Gasteiger partial charge in [0.15, 0.2) is 0 Å². The van der Waals surface area contributed by atoms with Crippen molar-refractivity contribution in [3.05, 3.63) is 158 Å². The molecule has 0 saturated heterocycles. The molecule has 2 N–H and O–H groups in total. The van der Waals surface area contributed by atoms with E-state index in [2.05, 4.69) is 108 Å². The van der Waals surface area contributed by atoms with Crippen LogP contribution >= 0.6 is 0 Å².